The van der Waals surface area contributed by atoms with Crippen molar-refractivity contribution >= 4 is 21.9 Å². The van der Waals surface area contributed by atoms with Crippen LogP contribution in [-0.2, 0) is 35.9 Å². The minimum atomic E-state index is -3.83. The number of rotatable bonds is 4. The molecule has 1 aromatic carbocycles. The first-order valence-corrected chi connectivity index (χ1v) is 12.4. The predicted molar refractivity (Wildman–Crippen MR) is 112 cm³/mol. The Hall–Kier alpha value is -1.64. The Kier molecular flexibility index (Phi) is 5.04. The number of nitrogens with zero attached hydrogens (tertiary/aromatic N) is 2. The molecule has 0 radical (unpaired) electrons. The van der Waals surface area contributed by atoms with Crippen LogP contribution in [0.3, 0.4) is 0 Å². The molecule has 5 rings (SSSR count). The first-order chi connectivity index (χ1) is 14.0. The Morgan fingerprint density at radius 2 is 1.59 bits per heavy atom. The average Bonchev–Trinajstić information content (AvgIpc) is 3.46. The summed E-state index contributed by atoms with van der Waals surface area (Å²) >= 11 is 0. The lowest BCUT2D eigenvalue weighted by Gasteiger charge is -2.23. The highest BCUT2D eigenvalue weighted by atomic mass is 32.2. The van der Waals surface area contributed by atoms with Crippen molar-refractivity contribution in [3.8, 4) is 0 Å². The second kappa shape index (κ2) is 7.56. The van der Waals surface area contributed by atoms with E-state index >= 15 is 0 Å². The van der Waals surface area contributed by atoms with Gasteiger partial charge < -0.3 is 5.32 Å². The molecule has 7 nitrogen and oxygen atoms in total. The summed E-state index contributed by atoms with van der Waals surface area (Å²) < 4.78 is 29.3. The number of fused-ring (bicyclic) bond motifs is 2. The SMILES string of the molecule is O=C(Nc1c2c(cc3c1CCC3)CCC2)NS(=O)(=O)N1CCC(N2CCCC2)C1. The van der Waals surface area contributed by atoms with Crippen molar-refractivity contribution in [3.05, 3.63) is 28.3 Å². The lowest BCUT2D eigenvalue weighted by atomic mass is 9.99. The lowest BCUT2D eigenvalue weighted by molar-refractivity contribution is 0.249. The number of carbonyl (C=O) groups is 1. The summed E-state index contributed by atoms with van der Waals surface area (Å²) in [7, 11) is -3.83. The summed E-state index contributed by atoms with van der Waals surface area (Å²) in [6, 6.07) is 1.94. The highest BCUT2D eigenvalue weighted by Crippen LogP contribution is 2.38. The first kappa shape index (κ1) is 19.3. The van der Waals surface area contributed by atoms with E-state index in [4.69, 9.17) is 0 Å². The standard InChI is InChI=1S/C21H30N4O3S/c26-21(22-20-18-7-3-5-15(18)13-16-6-4-8-19(16)20)23-29(27,28)25-12-9-17(14-25)24-10-1-2-11-24/h13,17H,1-12,14H2,(H2,22,23,26). The maximum Gasteiger partial charge on any atom is 0.333 e. The molecule has 0 bridgehead atoms. The van der Waals surface area contributed by atoms with Crippen LogP contribution in [0.25, 0.3) is 0 Å². The molecule has 0 aromatic heterocycles. The molecule has 158 valence electrons. The number of amides is 2. The van der Waals surface area contributed by atoms with Crippen LogP contribution in [0.15, 0.2) is 6.07 Å². The van der Waals surface area contributed by atoms with E-state index in [9.17, 15) is 13.2 Å². The van der Waals surface area contributed by atoms with Crippen LogP contribution < -0.4 is 10.0 Å². The average molecular weight is 419 g/mol. The molecule has 8 heteroatoms. The minimum absolute atomic E-state index is 0.276. The van der Waals surface area contributed by atoms with Crippen molar-refractivity contribution in [2.24, 2.45) is 0 Å². The third-order valence-electron chi connectivity index (χ3n) is 7.06. The second-order valence-corrected chi connectivity index (χ2v) is 10.5. The van der Waals surface area contributed by atoms with E-state index in [1.807, 2.05) is 0 Å². The summed E-state index contributed by atoms with van der Waals surface area (Å²) in [5, 5.41) is 2.92. The van der Waals surface area contributed by atoms with Crippen LogP contribution in [0, 0.1) is 0 Å². The summed E-state index contributed by atoms with van der Waals surface area (Å²) in [4.78, 5) is 15.1. The number of aryl methyl sites for hydroxylation is 2. The lowest BCUT2D eigenvalue weighted by Crippen LogP contribution is -2.45. The molecule has 29 heavy (non-hydrogen) atoms. The van der Waals surface area contributed by atoms with Gasteiger partial charge in [0.05, 0.1) is 0 Å². The van der Waals surface area contributed by atoms with Crippen molar-refractivity contribution in [3.63, 3.8) is 0 Å². The van der Waals surface area contributed by atoms with E-state index in [0.29, 0.717) is 13.1 Å². The second-order valence-electron chi connectivity index (χ2n) is 8.84. The van der Waals surface area contributed by atoms with Crippen molar-refractivity contribution in [1.82, 2.24) is 13.9 Å². The molecule has 2 saturated heterocycles. The molecule has 2 N–H and O–H groups in total. The third kappa shape index (κ3) is 3.66. The molecule has 0 saturated carbocycles. The van der Waals surface area contributed by atoms with Crippen molar-refractivity contribution in [1.29, 1.82) is 0 Å². The molecule has 0 spiro atoms. The normalized spacial score (nSPS) is 24.6. The molecule has 4 aliphatic rings. The van der Waals surface area contributed by atoms with Crippen molar-refractivity contribution in [2.45, 2.75) is 63.8 Å². The Balaban J connectivity index is 1.28. The Bertz CT molecular complexity index is 892. The molecule has 1 unspecified atom stereocenters. The van der Waals surface area contributed by atoms with Crippen LogP contribution in [0.5, 0.6) is 0 Å². The molecule has 2 aliphatic carbocycles. The third-order valence-corrected chi connectivity index (χ3v) is 8.51. The number of nitrogens with one attached hydrogen (secondary N) is 2. The number of benzene rings is 1. The molecule has 2 amide bonds. The fourth-order valence-electron chi connectivity index (χ4n) is 5.62. The zero-order valence-corrected chi connectivity index (χ0v) is 17.7. The molecular formula is C21H30N4O3S. The zero-order chi connectivity index (χ0) is 20.0. The smallest absolute Gasteiger partial charge is 0.307 e. The number of hydrogen-bond donors (Lipinski definition) is 2. The van der Waals surface area contributed by atoms with Gasteiger partial charge in [-0.3, -0.25) is 4.90 Å². The Labute approximate surface area is 173 Å². The van der Waals surface area contributed by atoms with Crippen molar-refractivity contribution < 1.29 is 13.2 Å². The zero-order valence-electron chi connectivity index (χ0n) is 16.9. The van der Waals surface area contributed by atoms with Gasteiger partial charge in [0, 0.05) is 24.8 Å². The summed E-state index contributed by atoms with van der Waals surface area (Å²) in [6.45, 7) is 3.05. The van der Waals surface area contributed by atoms with Gasteiger partial charge in [0.15, 0.2) is 0 Å². The molecule has 2 aliphatic heterocycles. The monoisotopic (exact) mass is 418 g/mol. The molecular weight excluding hydrogens is 388 g/mol. The van der Waals surface area contributed by atoms with Gasteiger partial charge >= 0.3 is 16.2 Å². The largest absolute Gasteiger partial charge is 0.333 e. The van der Waals surface area contributed by atoms with E-state index < -0.39 is 16.2 Å². The Morgan fingerprint density at radius 3 is 2.24 bits per heavy atom. The van der Waals surface area contributed by atoms with Crippen LogP contribution in [0.4, 0.5) is 10.5 Å². The highest BCUT2D eigenvalue weighted by molar-refractivity contribution is 7.87. The molecule has 2 fully saturated rings. The molecule has 1 atom stereocenters. The van der Waals surface area contributed by atoms with Crippen LogP contribution >= 0.6 is 0 Å². The maximum absolute atomic E-state index is 12.8. The number of urea groups is 1. The fraction of sp³-hybridized carbons (Fsp3) is 0.667. The van der Waals surface area contributed by atoms with Crippen LogP contribution in [-0.4, -0.2) is 55.9 Å². The van der Waals surface area contributed by atoms with Crippen LogP contribution in [0.2, 0.25) is 0 Å². The van der Waals surface area contributed by atoms with Gasteiger partial charge in [-0.2, -0.15) is 12.7 Å². The minimum Gasteiger partial charge on any atom is -0.307 e. The summed E-state index contributed by atoms with van der Waals surface area (Å²) in [6.07, 6.45) is 9.40. The van der Waals surface area contributed by atoms with E-state index in [0.717, 1.165) is 63.7 Å². The first-order valence-electron chi connectivity index (χ1n) is 11.0. The van der Waals surface area contributed by atoms with Gasteiger partial charge in [0.2, 0.25) is 0 Å². The number of hydrogen-bond acceptors (Lipinski definition) is 4. The van der Waals surface area contributed by atoms with Gasteiger partial charge in [-0.15, -0.1) is 0 Å². The highest BCUT2D eigenvalue weighted by Gasteiger charge is 2.36. The van der Waals surface area contributed by atoms with Gasteiger partial charge in [0.1, 0.15) is 0 Å². The van der Waals surface area contributed by atoms with Gasteiger partial charge in [-0.05, 0) is 93.1 Å². The molecule has 1 aromatic rings. The van der Waals surface area contributed by atoms with Gasteiger partial charge in [-0.25, -0.2) is 9.52 Å². The summed E-state index contributed by atoms with van der Waals surface area (Å²) in [5.41, 5.74) is 5.91. The number of carbonyl (C=O) groups excluding carboxylic acids is 1. The maximum atomic E-state index is 12.8. The Morgan fingerprint density at radius 1 is 0.931 bits per heavy atom. The van der Waals surface area contributed by atoms with Crippen molar-refractivity contribution in [2.75, 3.05) is 31.5 Å². The van der Waals surface area contributed by atoms with E-state index in [1.165, 1.54) is 39.4 Å². The van der Waals surface area contributed by atoms with E-state index in [1.54, 1.807) is 0 Å². The summed E-state index contributed by atoms with van der Waals surface area (Å²) in [5.74, 6) is 0. The van der Waals surface area contributed by atoms with E-state index in [2.05, 4.69) is 21.0 Å². The number of anilines is 1. The fourth-order valence-corrected chi connectivity index (χ4v) is 6.75. The predicted octanol–water partition coefficient (Wildman–Crippen LogP) is 2.20. The number of likely N-dealkylation sites (tertiary alicyclic amines) is 1. The molecule has 2 heterocycles. The van der Waals surface area contributed by atoms with Gasteiger partial charge in [-0.1, -0.05) is 6.07 Å². The van der Waals surface area contributed by atoms with Crippen LogP contribution in [0.1, 0.15) is 54.4 Å². The quantitative estimate of drug-likeness (QED) is 0.785. The topological polar surface area (TPSA) is 81.8 Å². The van der Waals surface area contributed by atoms with Gasteiger partial charge in [0.25, 0.3) is 0 Å². The van der Waals surface area contributed by atoms with E-state index in [-0.39, 0.29) is 6.04 Å².